The Bertz CT molecular complexity index is 1310. The molecule has 4 aromatic rings. The van der Waals surface area contributed by atoms with E-state index in [2.05, 4.69) is 13.8 Å². The summed E-state index contributed by atoms with van der Waals surface area (Å²) in [6, 6.07) is 30.6. The Morgan fingerprint density at radius 3 is 1.84 bits per heavy atom. The molecule has 0 fully saturated rings. The zero-order valence-electron chi connectivity index (χ0n) is 18.0. The van der Waals surface area contributed by atoms with E-state index in [0.29, 0.717) is 11.5 Å². The van der Waals surface area contributed by atoms with Gasteiger partial charge in [0.1, 0.15) is 16.4 Å². The molecule has 4 rings (SSSR count). The molecular formula is C27H25NO3S. The van der Waals surface area contributed by atoms with Crippen molar-refractivity contribution in [3.8, 4) is 11.5 Å². The Balaban J connectivity index is 1.62. The minimum absolute atomic E-state index is 0.137. The van der Waals surface area contributed by atoms with Crippen LogP contribution < -0.4 is 10.5 Å². The first-order valence-corrected chi connectivity index (χ1v) is 11.8. The van der Waals surface area contributed by atoms with Gasteiger partial charge in [-0.3, -0.25) is 0 Å². The summed E-state index contributed by atoms with van der Waals surface area (Å²) in [6.07, 6.45) is 0. The molecule has 0 aromatic heterocycles. The molecule has 0 aliphatic carbocycles. The molecule has 0 saturated carbocycles. The van der Waals surface area contributed by atoms with Gasteiger partial charge in [-0.25, -0.2) is 8.42 Å². The summed E-state index contributed by atoms with van der Waals surface area (Å²) in [4.78, 5) is 0.370. The fraction of sp³-hybridized carbons (Fsp3) is 0.111. The van der Waals surface area contributed by atoms with E-state index in [1.54, 1.807) is 54.6 Å². The molecular weight excluding hydrogens is 418 g/mol. The van der Waals surface area contributed by atoms with Crippen molar-refractivity contribution in [2.45, 2.75) is 29.1 Å². The SMILES string of the molecule is CC(C)(c1ccc(N)cc1)c1ccc(Oc2ccccc2S(=O)(=O)c2ccccc2)cc1. The van der Waals surface area contributed by atoms with Crippen LogP contribution in [0.2, 0.25) is 0 Å². The highest BCUT2D eigenvalue weighted by atomic mass is 32.2. The van der Waals surface area contributed by atoms with Crippen molar-refractivity contribution in [1.29, 1.82) is 0 Å². The van der Waals surface area contributed by atoms with Crippen LogP contribution in [0.15, 0.2) is 113 Å². The Morgan fingerprint density at radius 2 is 1.22 bits per heavy atom. The van der Waals surface area contributed by atoms with Gasteiger partial charge in [-0.1, -0.05) is 68.4 Å². The van der Waals surface area contributed by atoms with Crippen LogP contribution in [0, 0.1) is 0 Å². The highest BCUT2D eigenvalue weighted by Gasteiger charge is 2.24. The molecule has 162 valence electrons. The van der Waals surface area contributed by atoms with Gasteiger partial charge >= 0.3 is 0 Å². The van der Waals surface area contributed by atoms with Gasteiger partial charge in [0, 0.05) is 11.1 Å². The topological polar surface area (TPSA) is 69.4 Å². The molecule has 4 nitrogen and oxygen atoms in total. The number of para-hydroxylation sites is 1. The zero-order chi connectivity index (χ0) is 22.8. The van der Waals surface area contributed by atoms with Gasteiger partial charge in [0.2, 0.25) is 9.84 Å². The molecule has 0 amide bonds. The van der Waals surface area contributed by atoms with Crippen LogP contribution in [0.3, 0.4) is 0 Å². The fourth-order valence-corrected chi connectivity index (χ4v) is 5.02. The van der Waals surface area contributed by atoms with E-state index in [1.165, 1.54) is 0 Å². The van der Waals surface area contributed by atoms with E-state index in [1.807, 2.05) is 48.5 Å². The second-order valence-electron chi connectivity index (χ2n) is 8.14. The number of rotatable bonds is 6. The predicted molar refractivity (Wildman–Crippen MR) is 128 cm³/mol. The number of sulfone groups is 1. The van der Waals surface area contributed by atoms with Gasteiger partial charge in [0.25, 0.3) is 0 Å². The van der Waals surface area contributed by atoms with E-state index in [0.717, 1.165) is 16.8 Å². The summed E-state index contributed by atoms with van der Waals surface area (Å²) in [5.41, 5.74) is 8.60. The molecule has 0 atom stereocenters. The molecule has 0 spiro atoms. The first-order valence-electron chi connectivity index (χ1n) is 10.3. The smallest absolute Gasteiger partial charge is 0.210 e. The predicted octanol–water partition coefficient (Wildman–Crippen LogP) is 6.22. The van der Waals surface area contributed by atoms with Gasteiger partial charge in [-0.15, -0.1) is 0 Å². The van der Waals surface area contributed by atoms with Crippen molar-refractivity contribution in [2.24, 2.45) is 0 Å². The average Bonchev–Trinajstić information content (AvgIpc) is 2.80. The molecule has 32 heavy (non-hydrogen) atoms. The Labute approximate surface area is 189 Å². The van der Waals surface area contributed by atoms with Crippen LogP contribution in [-0.4, -0.2) is 8.42 Å². The summed E-state index contributed by atoms with van der Waals surface area (Å²) >= 11 is 0. The standard InChI is InChI=1S/C27H25NO3S/c1-27(2,20-12-16-22(28)17-13-20)21-14-18-23(19-15-21)31-25-10-6-7-11-26(25)32(29,30)24-8-4-3-5-9-24/h3-19H,28H2,1-2H3. The Hall–Kier alpha value is -3.57. The van der Waals surface area contributed by atoms with Crippen molar-refractivity contribution in [3.05, 3.63) is 114 Å². The van der Waals surface area contributed by atoms with E-state index >= 15 is 0 Å². The number of hydrogen-bond acceptors (Lipinski definition) is 4. The lowest BCUT2D eigenvalue weighted by Crippen LogP contribution is -2.18. The number of anilines is 1. The van der Waals surface area contributed by atoms with Crippen LogP contribution in [0.25, 0.3) is 0 Å². The van der Waals surface area contributed by atoms with Crippen LogP contribution in [-0.2, 0) is 15.3 Å². The van der Waals surface area contributed by atoms with Gasteiger partial charge < -0.3 is 10.5 Å². The highest BCUT2D eigenvalue weighted by Crippen LogP contribution is 2.35. The molecule has 5 heteroatoms. The van der Waals surface area contributed by atoms with E-state index in [-0.39, 0.29) is 15.2 Å². The Morgan fingerprint density at radius 1 is 0.688 bits per heavy atom. The summed E-state index contributed by atoms with van der Waals surface area (Å²) < 4.78 is 32.3. The average molecular weight is 444 g/mol. The zero-order valence-corrected chi connectivity index (χ0v) is 18.8. The maximum absolute atomic E-state index is 13.1. The van der Waals surface area contributed by atoms with Crippen LogP contribution >= 0.6 is 0 Å². The van der Waals surface area contributed by atoms with E-state index in [4.69, 9.17) is 10.5 Å². The molecule has 0 heterocycles. The quantitative estimate of drug-likeness (QED) is 0.359. The third-order valence-electron chi connectivity index (χ3n) is 5.63. The minimum Gasteiger partial charge on any atom is -0.456 e. The fourth-order valence-electron chi connectivity index (χ4n) is 3.62. The second kappa shape index (κ2) is 8.52. The van der Waals surface area contributed by atoms with Gasteiger partial charge in [-0.05, 0) is 59.7 Å². The van der Waals surface area contributed by atoms with Gasteiger partial charge in [0.15, 0.2) is 0 Å². The van der Waals surface area contributed by atoms with E-state index < -0.39 is 9.84 Å². The summed E-state index contributed by atoms with van der Waals surface area (Å²) in [6.45, 7) is 4.30. The van der Waals surface area contributed by atoms with Crippen LogP contribution in [0.1, 0.15) is 25.0 Å². The normalized spacial score (nSPS) is 11.8. The number of benzene rings is 4. The summed E-state index contributed by atoms with van der Waals surface area (Å²) in [7, 11) is -3.70. The molecule has 0 aliphatic heterocycles. The first-order chi connectivity index (χ1) is 15.3. The Kier molecular flexibility index (Phi) is 5.76. The van der Waals surface area contributed by atoms with E-state index in [9.17, 15) is 8.42 Å². The highest BCUT2D eigenvalue weighted by molar-refractivity contribution is 7.91. The molecule has 4 aromatic carbocycles. The third kappa shape index (κ3) is 4.25. The van der Waals surface area contributed by atoms with Crippen LogP contribution in [0.5, 0.6) is 11.5 Å². The van der Waals surface area contributed by atoms with Crippen LogP contribution in [0.4, 0.5) is 5.69 Å². The number of nitrogen functional groups attached to an aromatic ring is 1. The van der Waals surface area contributed by atoms with Gasteiger partial charge in [-0.2, -0.15) is 0 Å². The monoisotopic (exact) mass is 443 g/mol. The lowest BCUT2D eigenvalue weighted by atomic mass is 9.78. The molecule has 0 bridgehead atoms. The molecule has 0 saturated heterocycles. The maximum Gasteiger partial charge on any atom is 0.210 e. The number of nitrogens with two attached hydrogens (primary N) is 1. The second-order valence-corrected chi connectivity index (χ2v) is 10.1. The number of hydrogen-bond donors (Lipinski definition) is 1. The summed E-state index contributed by atoms with van der Waals surface area (Å²) in [5, 5.41) is 0. The molecule has 2 N–H and O–H groups in total. The maximum atomic E-state index is 13.1. The minimum atomic E-state index is -3.70. The lowest BCUT2D eigenvalue weighted by molar-refractivity contribution is 0.467. The van der Waals surface area contributed by atoms with Crippen molar-refractivity contribution in [3.63, 3.8) is 0 Å². The van der Waals surface area contributed by atoms with Crippen molar-refractivity contribution < 1.29 is 13.2 Å². The van der Waals surface area contributed by atoms with Gasteiger partial charge in [0.05, 0.1) is 4.90 Å². The molecule has 0 aliphatic rings. The number of ether oxygens (including phenoxy) is 1. The lowest BCUT2D eigenvalue weighted by Gasteiger charge is -2.26. The largest absolute Gasteiger partial charge is 0.456 e. The van der Waals surface area contributed by atoms with Crippen molar-refractivity contribution in [1.82, 2.24) is 0 Å². The third-order valence-corrected chi connectivity index (χ3v) is 7.44. The summed E-state index contributed by atoms with van der Waals surface area (Å²) in [5.74, 6) is 0.861. The molecule has 0 radical (unpaired) electrons. The van der Waals surface area contributed by atoms with Crippen molar-refractivity contribution in [2.75, 3.05) is 5.73 Å². The molecule has 0 unspecified atom stereocenters. The van der Waals surface area contributed by atoms with Crippen molar-refractivity contribution >= 4 is 15.5 Å². The first kappa shape index (κ1) is 21.7.